The molecule has 0 fully saturated rings. The van der Waals surface area contributed by atoms with Gasteiger partial charge in [0.1, 0.15) is 11.8 Å². The largest absolute Gasteiger partial charge is 0.497 e. The van der Waals surface area contributed by atoms with Gasteiger partial charge < -0.3 is 15.0 Å². The van der Waals surface area contributed by atoms with E-state index in [9.17, 15) is 9.59 Å². The van der Waals surface area contributed by atoms with Gasteiger partial charge in [-0.05, 0) is 43.0 Å². The Morgan fingerprint density at radius 1 is 1.03 bits per heavy atom. The number of methoxy groups -OCH3 is 1. The number of ether oxygens (including phenoxy) is 1. The van der Waals surface area contributed by atoms with Crippen molar-refractivity contribution in [3.8, 4) is 5.75 Å². The minimum atomic E-state index is -0.571. The number of carbonyl (C=O) groups is 2. The summed E-state index contributed by atoms with van der Waals surface area (Å²) in [5, 5.41) is 2.94. The maximum absolute atomic E-state index is 13.2. The lowest BCUT2D eigenvalue weighted by molar-refractivity contribution is -0.140. The fourth-order valence-corrected chi connectivity index (χ4v) is 2.98. The number of rotatable bonds is 9. The molecule has 2 amide bonds. The second-order valence-corrected chi connectivity index (χ2v) is 7.85. The van der Waals surface area contributed by atoms with Crippen LogP contribution in [0.5, 0.6) is 5.75 Å². The van der Waals surface area contributed by atoms with Crippen LogP contribution in [0.1, 0.15) is 37.5 Å². The van der Waals surface area contributed by atoms with Crippen molar-refractivity contribution >= 4 is 11.8 Å². The van der Waals surface area contributed by atoms with Crippen molar-refractivity contribution in [2.45, 2.75) is 46.7 Å². The van der Waals surface area contributed by atoms with Gasteiger partial charge in [0.2, 0.25) is 11.8 Å². The van der Waals surface area contributed by atoms with E-state index in [2.05, 4.69) is 5.32 Å². The Morgan fingerprint density at radius 3 is 2.34 bits per heavy atom. The Labute approximate surface area is 174 Å². The molecule has 156 valence electrons. The fourth-order valence-electron chi connectivity index (χ4n) is 2.98. The summed E-state index contributed by atoms with van der Waals surface area (Å²) < 4.78 is 5.29. The molecule has 2 aromatic rings. The smallest absolute Gasteiger partial charge is 0.242 e. The van der Waals surface area contributed by atoms with E-state index in [4.69, 9.17) is 4.74 Å². The second kappa shape index (κ2) is 10.6. The standard InChI is InChI=1S/C24H32N2O3/c1-17(2)15-25-24(28)19(4)26(16-21-7-6-8-22(13-21)29-5)23(27)14-20-11-9-18(3)10-12-20/h6-13,17,19H,14-16H2,1-5H3,(H,25,28)/t19-/m1/s1. The minimum absolute atomic E-state index is 0.0798. The van der Waals surface area contributed by atoms with E-state index in [0.29, 0.717) is 19.0 Å². The monoisotopic (exact) mass is 396 g/mol. The van der Waals surface area contributed by atoms with Crippen LogP contribution in [0, 0.1) is 12.8 Å². The molecule has 0 aliphatic rings. The average molecular weight is 397 g/mol. The number of benzene rings is 2. The highest BCUT2D eigenvalue weighted by Gasteiger charge is 2.26. The molecule has 5 nitrogen and oxygen atoms in total. The van der Waals surface area contributed by atoms with Gasteiger partial charge in [-0.1, -0.05) is 55.8 Å². The number of carbonyl (C=O) groups excluding carboxylic acids is 2. The van der Waals surface area contributed by atoms with Gasteiger partial charge in [-0.2, -0.15) is 0 Å². The summed E-state index contributed by atoms with van der Waals surface area (Å²) in [6.45, 7) is 8.81. The lowest BCUT2D eigenvalue weighted by Crippen LogP contribution is -2.48. The molecular formula is C24H32N2O3. The van der Waals surface area contributed by atoms with Crippen LogP contribution in [0.4, 0.5) is 0 Å². The van der Waals surface area contributed by atoms with E-state index in [1.54, 1.807) is 18.9 Å². The molecule has 0 saturated carbocycles. The SMILES string of the molecule is COc1cccc(CN(C(=O)Cc2ccc(C)cc2)[C@H](C)C(=O)NCC(C)C)c1. The van der Waals surface area contributed by atoms with Crippen molar-refractivity contribution in [1.29, 1.82) is 0 Å². The van der Waals surface area contributed by atoms with Crippen molar-refractivity contribution in [2.75, 3.05) is 13.7 Å². The maximum Gasteiger partial charge on any atom is 0.242 e. The van der Waals surface area contributed by atoms with Gasteiger partial charge in [0.05, 0.1) is 13.5 Å². The van der Waals surface area contributed by atoms with E-state index >= 15 is 0 Å². The van der Waals surface area contributed by atoms with Crippen molar-refractivity contribution < 1.29 is 14.3 Å². The zero-order valence-corrected chi connectivity index (χ0v) is 18.1. The molecule has 0 aliphatic carbocycles. The van der Waals surface area contributed by atoms with Crippen molar-refractivity contribution in [3.05, 3.63) is 65.2 Å². The predicted octanol–water partition coefficient (Wildman–Crippen LogP) is 3.74. The van der Waals surface area contributed by atoms with Crippen LogP contribution < -0.4 is 10.1 Å². The maximum atomic E-state index is 13.2. The lowest BCUT2D eigenvalue weighted by atomic mass is 10.1. The lowest BCUT2D eigenvalue weighted by Gasteiger charge is -2.29. The molecule has 0 spiro atoms. The Bertz CT molecular complexity index is 815. The van der Waals surface area contributed by atoms with Crippen LogP contribution in [0.3, 0.4) is 0 Å². The van der Waals surface area contributed by atoms with E-state index in [1.807, 2.05) is 69.3 Å². The van der Waals surface area contributed by atoms with E-state index < -0.39 is 6.04 Å². The van der Waals surface area contributed by atoms with E-state index in [1.165, 1.54) is 0 Å². The summed E-state index contributed by atoms with van der Waals surface area (Å²) in [5.74, 6) is 0.856. The van der Waals surface area contributed by atoms with Crippen LogP contribution in [0.2, 0.25) is 0 Å². The number of aryl methyl sites for hydroxylation is 1. The Kier molecular flexibility index (Phi) is 8.25. The highest BCUT2D eigenvalue weighted by Crippen LogP contribution is 2.17. The summed E-state index contributed by atoms with van der Waals surface area (Å²) in [6.07, 6.45) is 0.256. The third-order valence-corrected chi connectivity index (χ3v) is 4.81. The summed E-state index contributed by atoms with van der Waals surface area (Å²) >= 11 is 0. The van der Waals surface area contributed by atoms with Gasteiger partial charge in [-0.15, -0.1) is 0 Å². The number of hydrogen-bond donors (Lipinski definition) is 1. The molecule has 0 unspecified atom stereocenters. The van der Waals surface area contributed by atoms with E-state index in [-0.39, 0.29) is 18.2 Å². The Morgan fingerprint density at radius 2 is 1.72 bits per heavy atom. The Balaban J connectivity index is 2.21. The molecule has 0 heterocycles. The molecular weight excluding hydrogens is 364 g/mol. The summed E-state index contributed by atoms with van der Waals surface area (Å²) in [6, 6.07) is 14.9. The first kappa shape index (κ1) is 22.5. The third kappa shape index (κ3) is 6.93. The van der Waals surface area contributed by atoms with Crippen LogP contribution in [0.15, 0.2) is 48.5 Å². The molecule has 0 aromatic heterocycles. The first-order valence-corrected chi connectivity index (χ1v) is 10.1. The number of hydrogen-bond acceptors (Lipinski definition) is 3. The van der Waals surface area contributed by atoms with Crippen LogP contribution in [0.25, 0.3) is 0 Å². The average Bonchev–Trinajstić information content (AvgIpc) is 2.71. The number of nitrogens with one attached hydrogen (secondary N) is 1. The quantitative estimate of drug-likeness (QED) is 0.703. The minimum Gasteiger partial charge on any atom is -0.497 e. The highest BCUT2D eigenvalue weighted by molar-refractivity contribution is 5.88. The molecule has 0 bridgehead atoms. The fraction of sp³-hybridized carbons (Fsp3) is 0.417. The zero-order chi connectivity index (χ0) is 21.4. The van der Waals surface area contributed by atoms with Gasteiger partial charge in [0.15, 0.2) is 0 Å². The predicted molar refractivity (Wildman–Crippen MR) is 116 cm³/mol. The molecule has 2 rings (SSSR count). The Hall–Kier alpha value is -2.82. The summed E-state index contributed by atoms with van der Waals surface area (Å²) in [7, 11) is 1.61. The van der Waals surface area contributed by atoms with Crippen molar-refractivity contribution in [1.82, 2.24) is 10.2 Å². The first-order valence-electron chi connectivity index (χ1n) is 10.1. The molecule has 0 radical (unpaired) electrons. The zero-order valence-electron chi connectivity index (χ0n) is 18.1. The molecule has 1 N–H and O–H groups in total. The van der Waals surface area contributed by atoms with Gasteiger partial charge in [-0.3, -0.25) is 9.59 Å². The van der Waals surface area contributed by atoms with Crippen LogP contribution in [-0.2, 0) is 22.6 Å². The van der Waals surface area contributed by atoms with E-state index in [0.717, 1.165) is 22.4 Å². The number of nitrogens with zero attached hydrogens (tertiary/aromatic N) is 1. The second-order valence-electron chi connectivity index (χ2n) is 7.85. The van der Waals surface area contributed by atoms with Gasteiger partial charge in [0, 0.05) is 13.1 Å². The highest BCUT2D eigenvalue weighted by atomic mass is 16.5. The van der Waals surface area contributed by atoms with Crippen molar-refractivity contribution in [2.24, 2.45) is 5.92 Å². The molecule has 5 heteroatoms. The third-order valence-electron chi connectivity index (χ3n) is 4.81. The summed E-state index contributed by atoms with van der Waals surface area (Å²) in [5.41, 5.74) is 3.01. The number of amides is 2. The normalized spacial score (nSPS) is 11.8. The van der Waals surface area contributed by atoms with Gasteiger partial charge in [0.25, 0.3) is 0 Å². The van der Waals surface area contributed by atoms with Crippen LogP contribution in [-0.4, -0.2) is 36.4 Å². The van der Waals surface area contributed by atoms with Gasteiger partial charge in [-0.25, -0.2) is 0 Å². The molecule has 1 atom stereocenters. The first-order chi connectivity index (χ1) is 13.8. The molecule has 0 aliphatic heterocycles. The topological polar surface area (TPSA) is 58.6 Å². The molecule has 2 aromatic carbocycles. The molecule has 0 saturated heterocycles. The molecule has 29 heavy (non-hydrogen) atoms. The van der Waals surface area contributed by atoms with Gasteiger partial charge >= 0.3 is 0 Å². The van der Waals surface area contributed by atoms with Crippen LogP contribution >= 0.6 is 0 Å². The summed E-state index contributed by atoms with van der Waals surface area (Å²) in [4.78, 5) is 27.5. The van der Waals surface area contributed by atoms with Crippen molar-refractivity contribution in [3.63, 3.8) is 0 Å².